The first-order valence-electron chi connectivity index (χ1n) is 10.6. The molecule has 1 amide bonds. The summed E-state index contributed by atoms with van der Waals surface area (Å²) in [4.78, 5) is 23.9. The number of aliphatic imine (C=N–C) groups is 1. The Morgan fingerprint density at radius 2 is 2.10 bits per heavy atom. The van der Waals surface area contributed by atoms with Gasteiger partial charge in [0.25, 0.3) is 5.91 Å². The molecule has 1 aliphatic carbocycles. The molecule has 8 heteroatoms. The number of H-pyrrole nitrogens is 1. The second kappa shape index (κ2) is 6.21. The van der Waals surface area contributed by atoms with Gasteiger partial charge in [-0.2, -0.15) is 0 Å². The van der Waals surface area contributed by atoms with E-state index in [1.165, 1.54) is 15.8 Å². The number of nitrogens with one attached hydrogen (secondary N) is 2. The van der Waals surface area contributed by atoms with E-state index in [0.717, 1.165) is 34.8 Å². The third kappa shape index (κ3) is 2.53. The number of hydrogen-bond donors (Lipinski definition) is 3. The second-order valence-electron chi connectivity index (χ2n) is 9.20. The third-order valence-corrected chi connectivity index (χ3v) is 8.04. The van der Waals surface area contributed by atoms with Gasteiger partial charge in [-0.3, -0.25) is 15.2 Å². The molecule has 7 nitrogen and oxygen atoms in total. The molecule has 5 heterocycles. The minimum atomic E-state index is 0.0383. The Balaban J connectivity index is 1.35. The molecule has 2 unspecified atom stereocenters. The summed E-state index contributed by atoms with van der Waals surface area (Å²) in [6.07, 6.45) is 6.10. The molecular formula is C22H26N6OS. The van der Waals surface area contributed by atoms with Crippen LogP contribution in [0.15, 0.2) is 28.9 Å². The first-order chi connectivity index (χ1) is 14.4. The minimum absolute atomic E-state index is 0.0383. The van der Waals surface area contributed by atoms with Crippen LogP contribution in [-0.2, 0) is 0 Å². The normalized spacial score (nSPS) is 29.2. The molecule has 156 valence electrons. The summed E-state index contributed by atoms with van der Waals surface area (Å²) in [5, 5.41) is 2.03. The lowest BCUT2D eigenvalue weighted by molar-refractivity contribution is 0.0778. The van der Waals surface area contributed by atoms with Crippen LogP contribution in [0.2, 0.25) is 0 Å². The standard InChI is InChI=1S/C22H26N6OS/c1-10(2)17-19(12-4-11(3)21-24-9-25-28(21)6-12)26-15-5-16(30-20(15)17)22(29)27-7-13-14(8-27)18(13)23/h4-6,9-10,13-14,18,21,26H,7-8,23H2,1-3H3,(H,24,25)/t13-,14+,18?,21?. The summed E-state index contributed by atoms with van der Waals surface area (Å²) in [5.41, 5.74) is 15.0. The van der Waals surface area contributed by atoms with E-state index in [4.69, 9.17) is 5.73 Å². The maximum absolute atomic E-state index is 13.1. The third-order valence-electron chi connectivity index (χ3n) is 6.88. The van der Waals surface area contributed by atoms with Gasteiger partial charge in [-0.15, -0.1) is 11.3 Å². The summed E-state index contributed by atoms with van der Waals surface area (Å²) in [6, 6.07) is 2.33. The molecule has 2 aromatic heterocycles. The molecular weight excluding hydrogens is 396 g/mol. The lowest BCUT2D eigenvalue weighted by Crippen LogP contribution is -2.36. The highest BCUT2D eigenvalue weighted by atomic mass is 32.1. The largest absolute Gasteiger partial charge is 0.354 e. The van der Waals surface area contributed by atoms with Gasteiger partial charge in [0.05, 0.1) is 20.8 Å². The van der Waals surface area contributed by atoms with Crippen molar-refractivity contribution in [1.29, 1.82) is 0 Å². The van der Waals surface area contributed by atoms with Gasteiger partial charge in [-0.1, -0.05) is 13.8 Å². The molecule has 0 spiro atoms. The molecule has 0 bridgehead atoms. The first-order valence-corrected chi connectivity index (χ1v) is 11.4. The predicted molar refractivity (Wildman–Crippen MR) is 120 cm³/mol. The molecule has 1 saturated heterocycles. The summed E-state index contributed by atoms with van der Waals surface area (Å²) in [7, 11) is 0. The van der Waals surface area contributed by atoms with Crippen molar-refractivity contribution in [2.45, 2.75) is 38.9 Å². The number of aromatic nitrogens is 1. The molecule has 0 radical (unpaired) electrons. The number of hydrogen-bond acceptors (Lipinski definition) is 6. The average Bonchev–Trinajstić information content (AvgIpc) is 3.28. The number of aromatic amines is 1. The summed E-state index contributed by atoms with van der Waals surface area (Å²) >= 11 is 1.61. The highest BCUT2D eigenvalue weighted by Crippen LogP contribution is 2.45. The number of likely N-dealkylation sites (tertiary alicyclic amines) is 1. The molecule has 30 heavy (non-hydrogen) atoms. The topological polar surface area (TPSA) is 89.8 Å². The molecule has 2 aromatic rings. The maximum Gasteiger partial charge on any atom is 0.264 e. The SMILES string of the molecule is CC1=CC(c2[nH]c3cc(C(=O)N4C[C@@H]5C(N)[C@@H]5C4)sc3c2C(C)C)=CN2NC=NC12. The number of carbonyl (C=O) groups excluding carboxylic acids is 1. The van der Waals surface area contributed by atoms with Gasteiger partial charge >= 0.3 is 0 Å². The fourth-order valence-corrected chi connectivity index (χ4v) is 6.46. The average molecular weight is 423 g/mol. The number of nitrogens with zero attached hydrogens (tertiary/aromatic N) is 3. The Kier molecular flexibility index (Phi) is 3.77. The molecule has 4 N–H and O–H groups in total. The zero-order chi connectivity index (χ0) is 20.7. The molecule has 4 atom stereocenters. The second-order valence-corrected chi connectivity index (χ2v) is 10.3. The number of allylic oxidation sites excluding steroid dienone is 2. The number of hydrazine groups is 1. The Morgan fingerprint density at radius 1 is 1.33 bits per heavy atom. The van der Waals surface area contributed by atoms with Gasteiger partial charge in [-0.25, -0.2) is 4.99 Å². The van der Waals surface area contributed by atoms with Crippen molar-refractivity contribution in [3.05, 3.63) is 40.0 Å². The minimum Gasteiger partial charge on any atom is -0.354 e. The van der Waals surface area contributed by atoms with Crippen molar-refractivity contribution in [2.24, 2.45) is 22.6 Å². The van der Waals surface area contributed by atoms with Crippen molar-refractivity contribution in [1.82, 2.24) is 20.3 Å². The van der Waals surface area contributed by atoms with Crippen molar-refractivity contribution in [3.8, 4) is 0 Å². The Morgan fingerprint density at radius 3 is 2.83 bits per heavy atom. The maximum atomic E-state index is 13.1. The van der Waals surface area contributed by atoms with Crippen LogP contribution in [-0.4, -0.2) is 52.4 Å². The van der Waals surface area contributed by atoms with Crippen LogP contribution in [0.5, 0.6) is 0 Å². The number of carbonyl (C=O) groups is 1. The number of rotatable bonds is 3. The summed E-state index contributed by atoms with van der Waals surface area (Å²) in [6.45, 7) is 8.15. The zero-order valence-corrected chi connectivity index (χ0v) is 18.2. The summed E-state index contributed by atoms with van der Waals surface area (Å²) in [5.74, 6) is 1.51. The van der Waals surface area contributed by atoms with Crippen LogP contribution < -0.4 is 11.2 Å². The fraction of sp³-hybridized carbons (Fsp3) is 0.455. The van der Waals surface area contributed by atoms with E-state index in [1.54, 1.807) is 17.7 Å². The van der Waals surface area contributed by atoms with Gasteiger partial charge in [0, 0.05) is 30.9 Å². The van der Waals surface area contributed by atoms with Gasteiger partial charge in [0.1, 0.15) is 6.34 Å². The van der Waals surface area contributed by atoms with Crippen LogP contribution in [0.25, 0.3) is 15.8 Å². The quantitative estimate of drug-likeness (QED) is 0.710. The molecule has 0 aromatic carbocycles. The van der Waals surface area contributed by atoms with Crippen LogP contribution in [0.1, 0.15) is 47.6 Å². The van der Waals surface area contributed by atoms with Gasteiger partial charge in [-0.05, 0) is 48.0 Å². The molecule has 2 fully saturated rings. The van der Waals surface area contributed by atoms with Crippen molar-refractivity contribution in [3.63, 3.8) is 0 Å². The fourth-order valence-electron chi connectivity index (χ4n) is 5.18. The molecule has 1 saturated carbocycles. The number of piperidine rings is 1. The van der Waals surface area contributed by atoms with E-state index in [-0.39, 0.29) is 12.1 Å². The number of fused-ring (bicyclic) bond motifs is 3. The molecule has 4 aliphatic rings. The smallest absolute Gasteiger partial charge is 0.264 e. The van der Waals surface area contributed by atoms with Gasteiger partial charge in [0.2, 0.25) is 0 Å². The Hall–Kier alpha value is -2.58. The van der Waals surface area contributed by atoms with E-state index in [1.807, 2.05) is 16.0 Å². The first kappa shape index (κ1) is 18.2. The lowest BCUT2D eigenvalue weighted by atomic mass is 9.97. The van der Waals surface area contributed by atoms with Crippen LogP contribution in [0.3, 0.4) is 0 Å². The zero-order valence-electron chi connectivity index (χ0n) is 17.3. The Labute approximate surface area is 179 Å². The van der Waals surface area contributed by atoms with Crippen LogP contribution in [0, 0.1) is 11.8 Å². The van der Waals surface area contributed by atoms with E-state index in [9.17, 15) is 4.79 Å². The van der Waals surface area contributed by atoms with Crippen LogP contribution in [0.4, 0.5) is 0 Å². The monoisotopic (exact) mass is 422 g/mol. The van der Waals surface area contributed by atoms with E-state index in [0.29, 0.717) is 23.8 Å². The molecule has 3 aliphatic heterocycles. The lowest BCUT2D eigenvalue weighted by Gasteiger charge is -2.27. The molecule has 6 rings (SSSR count). The van der Waals surface area contributed by atoms with E-state index < -0.39 is 0 Å². The highest BCUT2D eigenvalue weighted by molar-refractivity contribution is 7.21. The van der Waals surface area contributed by atoms with Crippen molar-refractivity contribution in [2.75, 3.05) is 13.1 Å². The van der Waals surface area contributed by atoms with Gasteiger partial charge < -0.3 is 15.6 Å². The predicted octanol–water partition coefficient (Wildman–Crippen LogP) is 2.86. The number of thiophene rings is 1. The van der Waals surface area contributed by atoms with Crippen LogP contribution >= 0.6 is 11.3 Å². The summed E-state index contributed by atoms with van der Waals surface area (Å²) < 4.78 is 1.18. The van der Waals surface area contributed by atoms with Crippen molar-refractivity contribution < 1.29 is 4.79 Å². The van der Waals surface area contributed by atoms with E-state index >= 15 is 0 Å². The number of amides is 1. The Bertz CT molecular complexity index is 1140. The van der Waals surface area contributed by atoms with Gasteiger partial charge in [0.15, 0.2) is 6.17 Å². The highest BCUT2D eigenvalue weighted by Gasteiger charge is 2.54. The van der Waals surface area contributed by atoms with Crippen molar-refractivity contribution >= 4 is 39.4 Å². The van der Waals surface area contributed by atoms with E-state index in [2.05, 4.69) is 48.4 Å². The number of nitrogens with two attached hydrogens (primary N) is 1.